The number of para-hydroxylation sites is 1. The lowest BCUT2D eigenvalue weighted by Gasteiger charge is -2.13. The van der Waals surface area contributed by atoms with Gasteiger partial charge in [-0.2, -0.15) is 0 Å². The number of nitrogens with one attached hydrogen (secondary N) is 2. The van der Waals surface area contributed by atoms with Crippen molar-refractivity contribution in [2.75, 3.05) is 19.5 Å². The molecule has 0 aliphatic carbocycles. The van der Waals surface area contributed by atoms with E-state index in [1.807, 2.05) is 30.3 Å². The summed E-state index contributed by atoms with van der Waals surface area (Å²) in [7, 11) is 2.75. The Kier molecular flexibility index (Phi) is 5.64. The second-order valence-electron chi connectivity index (χ2n) is 5.92. The second-order valence-corrected chi connectivity index (χ2v) is 5.92. The first kappa shape index (κ1) is 19.0. The van der Waals surface area contributed by atoms with Gasteiger partial charge in [-0.05, 0) is 31.2 Å². The molecule has 28 heavy (non-hydrogen) atoms. The summed E-state index contributed by atoms with van der Waals surface area (Å²) < 4.78 is 15.9. The van der Waals surface area contributed by atoms with Crippen molar-refractivity contribution in [3.63, 3.8) is 0 Å². The number of pyridine rings is 1. The standard InChI is InChI=1S/C21H20N2O5/c1-13-17(18(24)19(26-2)21(22-13)27-3)20(25)23-14-8-7-11-16(12-14)28-15-9-5-4-6-10-15/h4-12H,1-3H3,(H,22,24)(H,23,25). The van der Waals surface area contributed by atoms with Crippen LogP contribution in [0, 0.1) is 6.92 Å². The molecule has 0 unspecified atom stereocenters. The number of hydrogen-bond acceptors (Lipinski definition) is 5. The van der Waals surface area contributed by atoms with Gasteiger partial charge in [-0.3, -0.25) is 9.59 Å². The molecule has 3 rings (SSSR count). The first-order valence-electron chi connectivity index (χ1n) is 8.52. The summed E-state index contributed by atoms with van der Waals surface area (Å²) in [5.41, 5.74) is 0.265. The van der Waals surface area contributed by atoms with Crippen molar-refractivity contribution in [2.24, 2.45) is 0 Å². The lowest BCUT2D eigenvalue weighted by atomic mass is 10.1. The first-order chi connectivity index (χ1) is 13.5. The van der Waals surface area contributed by atoms with Gasteiger partial charge in [-0.15, -0.1) is 0 Å². The Hall–Kier alpha value is -3.74. The van der Waals surface area contributed by atoms with E-state index in [9.17, 15) is 9.59 Å². The Labute approximate surface area is 161 Å². The number of ether oxygens (including phenoxy) is 3. The van der Waals surface area contributed by atoms with E-state index in [-0.39, 0.29) is 17.2 Å². The quantitative estimate of drug-likeness (QED) is 0.680. The Bertz CT molecular complexity index is 1040. The van der Waals surface area contributed by atoms with Crippen LogP contribution in [-0.4, -0.2) is 25.1 Å². The Balaban J connectivity index is 1.86. The number of methoxy groups -OCH3 is 2. The maximum absolute atomic E-state index is 12.7. The van der Waals surface area contributed by atoms with Crippen molar-refractivity contribution in [2.45, 2.75) is 6.92 Å². The van der Waals surface area contributed by atoms with Crippen LogP contribution < -0.4 is 25.0 Å². The highest BCUT2D eigenvalue weighted by atomic mass is 16.5. The van der Waals surface area contributed by atoms with Gasteiger partial charge in [0.05, 0.1) is 14.2 Å². The van der Waals surface area contributed by atoms with Gasteiger partial charge in [-0.25, -0.2) is 0 Å². The molecule has 0 saturated carbocycles. The molecule has 2 aromatic carbocycles. The minimum Gasteiger partial charge on any atom is -0.488 e. The number of H-pyrrole nitrogens is 1. The minimum atomic E-state index is -0.559. The number of benzene rings is 2. The summed E-state index contributed by atoms with van der Waals surface area (Å²) in [5.74, 6) is 0.788. The van der Waals surface area contributed by atoms with E-state index in [0.717, 1.165) is 0 Å². The van der Waals surface area contributed by atoms with Crippen LogP contribution in [0.4, 0.5) is 5.69 Å². The van der Waals surface area contributed by atoms with Crippen molar-refractivity contribution < 1.29 is 19.0 Å². The minimum absolute atomic E-state index is 0.0490. The van der Waals surface area contributed by atoms with Crippen LogP contribution in [0.1, 0.15) is 16.1 Å². The van der Waals surface area contributed by atoms with Gasteiger partial charge in [0.25, 0.3) is 5.91 Å². The van der Waals surface area contributed by atoms with Crippen molar-refractivity contribution in [1.29, 1.82) is 0 Å². The zero-order valence-corrected chi connectivity index (χ0v) is 15.7. The molecular formula is C21H20N2O5. The highest BCUT2D eigenvalue weighted by molar-refractivity contribution is 6.05. The highest BCUT2D eigenvalue weighted by Gasteiger charge is 2.21. The molecule has 3 aromatic rings. The van der Waals surface area contributed by atoms with Crippen molar-refractivity contribution in [3.8, 4) is 23.1 Å². The molecule has 0 aliphatic heterocycles. The molecule has 1 aromatic heterocycles. The molecule has 0 bridgehead atoms. The molecule has 7 heteroatoms. The summed E-state index contributed by atoms with van der Waals surface area (Å²) >= 11 is 0. The predicted molar refractivity (Wildman–Crippen MR) is 106 cm³/mol. The Morgan fingerprint density at radius 3 is 2.36 bits per heavy atom. The van der Waals surface area contributed by atoms with Crippen LogP contribution in [0.15, 0.2) is 59.4 Å². The summed E-state index contributed by atoms with van der Waals surface area (Å²) in [4.78, 5) is 28.2. The fraction of sp³-hybridized carbons (Fsp3) is 0.143. The summed E-state index contributed by atoms with van der Waals surface area (Å²) in [5, 5.41) is 2.72. The first-order valence-corrected chi connectivity index (χ1v) is 8.52. The Morgan fingerprint density at radius 2 is 1.68 bits per heavy atom. The third-order valence-electron chi connectivity index (χ3n) is 4.02. The number of carbonyl (C=O) groups is 1. The molecule has 1 heterocycles. The van der Waals surface area contributed by atoms with Gasteiger partial charge < -0.3 is 24.5 Å². The molecule has 2 N–H and O–H groups in total. The maximum atomic E-state index is 12.7. The van der Waals surface area contributed by atoms with Crippen molar-refractivity contribution in [3.05, 3.63) is 76.1 Å². The smallest absolute Gasteiger partial charge is 0.261 e. The largest absolute Gasteiger partial charge is 0.488 e. The van der Waals surface area contributed by atoms with Crippen LogP contribution in [0.2, 0.25) is 0 Å². The number of anilines is 1. The monoisotopic (exact) mass is 380 g/mol. The molecule has 0 atom stereocenters. The predicted octanol–water partition coefficient (Wildman–Crippen LogP) is 3.75. The number of aromatic nitrogens is 1. The fourth-order valence-electron chi connectivity index (χ4n) is 2.73. The van der Waals surface area contributed by atoms with E-state index in [2.05, 4.69) is 10.3 Å². The van der Waals surface area contributed by atoms with Gasteiger partial charge in [-0.1, -0.05) is 24.3 Å². The SMILES string of the molecule is COc1[nH]c(C)c(C(=O)Nc2cccc(Oc3ccccc3)c2)c(=O)c1OC. The van der Waals surface area contributed by atoms with Gasteiger partial charge >= 0.3 is 0 Å². The molecule has 0 aliphatic rings. The zero-order valence-electron chi connectivity index (χ0n) is 15.7. The van der Waals surface area contributed by atoms with Gasteiger partial charge in [0, 0.05) is 17.4 Å². The van der Waals surface area contributed by atoms with Gasteiger partial charge in [0.1, 0.15) is 17.1 Å². The number of hydrogen-bond donors (Lipinski definition) is 2. The number of carbonyl (C=O) groups excluding carboxylic acids is 1. The van der Waals surface area contributed by atoms with Crippen LogP contribution >= 0.6 is 0 Å². The molecule has 0 fully saturated rings. The van der Waals surface area contributed by atoms with Crippen LogP contribution in [-0.2, 0) is 0 Å². The molecule has 1 amide bonds. The number of amides is 1. The maximum Gasteiger partial charge on any atom is 0.261 e. The van der Waals surface area contributed by atoms with E-state index in [1.54, 1.807) is 31.2 Å². The molecule has 0 saturated heterocycles. The topological polar surface area (TPSA) is 89.7 Å². The number of rotatable bonds is 6. The third kappa shape index (κ3) is 3.98. The zero-order chi connectivity index (χ0) is 20.1. The van der Waals surface area contributed by atoms with E-state index in [1.165, 1.54) is 14.2 Å². The average molecular weight is 380 g/mol. The normalized spacial score (nSPS) is 10.2. The molecular weight excluding hydrogens is 360 g/mol. The molecule has 144 valence electrons. The molecule has 7 nitrogen and oxygen atoms in total. The molecule has 0 spiro atoms. The number of aryl methyl sites for hydroxylation is 1. The van der Waals surface area contributed by atoms with Crippen LogP contribution in [0.3, 0.4) is 0 Å². The summed E-state index contributed by atoms with van der Waals surface area (Å²) in [6.07, 6.45) is 0. The molecule has 0 radical (unpaired) electrons. The highest BCUT2D eigenvalue weighted by Crippen LogP contribution is 2.25. The van der Waals surface area contributed by atoms with Gasteiger partial charge in [0.15, 0.2) is 0 Å². The van der Waals surface area contributed by atoms with Gasteiger partial charge in [0.2, 0.25) is 17.1 Å². The second kappa shape index (κ2) is 8.30. The van der Waals surface area contributed by atoms with E-state index >= 15 is 0 Å². The van der Waals surface area contributed by atoms with Crippen LogP contribution in [0.25, 0.3) is 0 Å². The fourth-order valence-corrected chi connectivity index (χ4v) is 2.73. The van der Waals surface area contributed by atoms with E-state index < -0.39 is 11.3 Å². The van der Waals surface area contributed by atoms with E-state index in [0.29, 0.717) is 22.9 Å². The average Bonchev–Trinajstić information content (AvgIpc) is 2.68. The van der Waals surface area contributed by atoms with Crippen LogP contribution in [0.5, 0.6) is 23.1 Å². The lowest BCUT2D eigenvalue weighted by molar-refractivity contribution is 0.102. The third-order valence-corrected chi connectivity index (χ3v) is 4.02. The van der Waals surface area contributed by atoms with Crippen molar-refractivity contribution in [1.82, 2.24) is 4.98 Å². The van der Waals surface area contributed by atoms with E-state index in [4.69, 9.17) is 14.2 Å². The number of aromatic amines is 1. The lowest BCUT2D eigenvalue weighted by Crippen LogP contribution is -2.25. The summed E-state index contributed by atoms with van der Waals surface area (Å²) in [6.45, 7) is 1.62. The summed E-state index contributed by atoms with van der Waals surface area (Å²) in [6, 6.07) is 16.2. The Morgan fingerprint density at radius 1 is 0.964 bits per heavy atom. The van der Waals surface area contributed by atoms with Crippen molar-refractivity contribution >= 4 is 11.6 Å².